The normalized spacial score (nSPS) is 14.0. The Labute approximate surface area is 257 Å². The molecule has 222 valence electrons. The zero-order valence-corrected chi connectivity index (χ0v) is 24.0. The molecule has 5 aromatic heterocycles. The molecule has 1 aliphatic heterocycles. The number of imidazole rings is 1. The van der Waals surface area contributed by atoms with Crippen LogP contribution in [-0.2, 0) is 6.54 Å². The number of pyridine rings is 2. The molecule has 3 N–H and O–H groups in total. The monoisotopic (exact) mass is 598 g/mol. The minimum Gasteiger partial charge on any atom is -0.382 e. The van der Waals surface area contributed by atoms with Gasteiger partial charge in [0.05, 0.1) is 17.6 Å². The minimum atomic E-state index is -0.413. The van der Waals surface area contributed by atoms with Gasteiger partial charge < -0.3 is 11.1 Å². The molecule has 0 saturated carbocycles. The lowest BCUT2D eigenvalue weighted by molar-refractivity contribution is 0.211. The van der Waals surface area contributed by atoms with Gasteiger partial charge in [-0.25, -0.2) is 34.3 Å². The fourth-order valence-electron chi connectivity index (χ4n) is 5.50. The molecule has 6 heterocycles. The molecule has 12 nitrogen and oxygen atoms in total. The molecule has 6 aromatic rings. The van der Waals surface area contributed by atoms with Crippen molar-refractivity contribution >= 4 is 22.8 Å². The van der Waals surface area contributed by atoms with E-state index in [4.69, 9.17) is 21.0 Å². The summed E-state index contributed by atoms with van der Waals surface area (Å²) in [4.78, 5) is 33.2. The summed E-state index contributed by atoms with van der Waals surface area (Å²) in [5.41, 5.74) is 11.1. The Morgan fingerprint density at radius 1 is 0.867 bits per heavy atom. The first-order chi connectivity index (χ1) is 22.0. The zero-order chi connectivity index (χ0) is 30.8. The Hall–Kier alpha value is -5.87. The van der Waals surface area contributed by atoms with E-state index in [1.165, 1.54) is 24.0 Å². The Kier molecular flexibility index (Phi) is 7.46. The van der Waals surface area contributed by atoms with Crippen molar-refractivity contribution in [1.82, 2.24) is 44.4 Å². The summed E-state index contributed by atoms with van der Waals surface area (Å²) in [6.07, 6.45) is 7.81. The summed E-state index contributed by atoms with van der Waals surface area (Å²) in [7, 11) is 0. The lowest BCUT2D eigenvalue weighted by atomic mass is 10.0. The van der Waals surface area contributed by atoms with Crippen molar-refractivity contribution in [2.75, 3.05) is 24.1 Å². The lowest BCUT2D eigenvalue weighted by Gasteiger charge is -2.32. The van der Waals surface area contributed by atoms with Gasteiger partial charge in [-0.05, 0) is 60.9 Å². The fraction of sp³-hybridized carbons (Fsp3) is 0.188. The second kappa shape index (κ2) is 12.0. The first-order valence-corrected chi connectivity index (χ1v) is 14.4. The topological polar surface area (TPSA) is 160 Å². The Balaban J connectivity index is 1.13. The number of halogens is 1. The van der Waals surface area contributed by atoms with Crippen LogP contribution in [0, 0.1) is 17.1 Å². The van der Waals surface area contributed by atoms with Crippen LogP contribution >= 0.6 is 0 Å². The van der Waals surface area contributed by atoms with Crippen LogP contribution in [0.5, 0.6) is 0 Å². The van der Waals surface area contributed by atoms with E-state index < -0.39 is 5.82 Å². The number of likely N-dealkylation sites (tertiary alicyclic amines) is 1. The second-order valence-electron chi connectivity index (χ2n) is 10.7. The molecule has 7 rings (SSSR count). The van der Waals surface area contributed by atoms with Crippen molar-refractivity contribution in [3.8, 4) is 34.7 Å². The third kappa shape index (κ3) is 5.86. The number of aromatic nitrogens is 8. The molecule has 45 heavy (non-hydrogen) atoms. The van der Waals surface area contributed by atoms with E-state index in [-0.39, 0.29) is 17.7 Å². The fourth-order valence-corrected chi connectivity index (χ4v) is 5.50. The van der Waals surface area contributed by atoms with Gasteiger partial charge in [0, 0.05) is 50.0 Å². The summed E-state index contributed by atoms with van der Waals surface area (Å²) in [5, 5.41) is 12.5. The van der Waals surface area contributed by atoms with Crippen molar-refractivity contribution < 1.29 is 4.39 Å². The number of hydrogen-bond acceptors (Lipinski definition) is 11. The molecule has 0 bridgehead atoms. The van der Waals surface area contributed by atoms with Crippen molar-refractivity contribution in [1.29, 1.82) is 5.26 Å². The molecule has 0 atom stereocenters. The van der Waals surface area contributed by atoms with Gasteiger partial charge in [-0.2, -0.15) is 5.26 Å². The van der Waals surface area contributed by atoms with Crippen LogP contribution < -0.4 is 11.1 Å². The van der Waals surface area contributed by atoms with Crippen molar-refractivity contribution in [2.24, 2.45) is 0 Å². The summed E-state index contributed by atoms with van der Waals surface area (Å²) < 4.78 is 15.4. The van der Waals surface area contributed by atoms with Crippen molar-refractivity contribution in [3.63, 3.8) is 0 Å². The maximum atomic E-state index is 13.5. The smallest absolute Gasteiger partial charge is 0.234 e. The van der Waals surface area contributed by atoms with Crippen LogP contribution in [0.15, 0.2) is 79.4 Å². The SMILES string of the molecule is N#Cc1nccc(NC2CCN(Cc3ccc(-n4c(-c5nccnc5N)nc5ccc(-c6ccc(F)cn6)nc54)cc3)CC2)n1. The van der Waals surface area contributed by atoms with E-state index in [0.29, 0.717) is 39.9 Å². The number of nitriles is 1. The van der Waals surface area contributed by atoms with E-state index in [9.17, 15) is 4.39 Å². The quantitative estimate of drug-likeness (QED) is 0.268. The number of nitrogens with zero attached hydrogens (tertiary/aromatic N) is 10. The molecule has 0 spiro atoms. The second-order valence-corrected chi connectivity index (χ2v) is 10.7. The molecule has 1 fully saturated rings. The Morgan fingerprint density at radius 3 is 2.42 bits per heavy atom. The lowest BCUT2D eigenvalue weighted by Crippen LogP contribution is -2.38. The van der Waals surface area contributed by atoms with E-state index >= 15 is 0 Å². The predicted molar refractivity (Wildman–Crippen MR) is 166 cm³/mol. The van der Waals surface area contributed by atoms with Crippen LogP contribution in [0.25, 0.3) is 39.8 Å². The summed E-state index contributed by atoms with van der Waals surface area (Å²) in [6, 6.07) is 19.0. The standard InChI is InChI=1S/C32H27FN12/c33-21-3-6-24(39-18-21)25-7-8-26-31(41-25)45(32(42-26)29-30(35)38-14-13-37-29)23-4-1-20(2-5-23)19-44-15-10-22(11-16-44)40-27-9-12-36-28(17-34)43-27/h1-9,12-14,18,22H,10-11,15-16,19H2,(H2,35,38)(H,36,40,43). The van der Waals surface area contributed by atoms with E-state index in [0.717, 1.165) is 38.2 Å². The highest BCUT2D eigenvalue weighted by atomic mass is 19.1. The third-order valence-electron chi connectivity index (χ3n) is 7.73. The van der Waals surface area contributed by atoms with Crippen LogP contribution in [0.4, 0.5) is 16.0 Å². The molecule has 0 aliphatic carbocycles. The highest BCUT2D eigenvalue weighted by molar-refractivity contribution is 5.83. The third-order valence-corrected chi connectivity index (χ3v) is 7.73. The number of fused-ring (bicyclic) bond motifs is 1. The van der Waals surface area contributed by atoms with Crippen LogP contribution in [0.2, 0.25) is 0 Å². The van der Waals surface area contributed by atoms with Gasteiger partial charge in [-0.15, -0.1) is 0 Å². The van der Waals surface area contributed by atoms with Crippen LogP contribution in [0.3, 0.4) is 0 Å². The predicted octanol–water partition coefficient (Wildman–Crippen LogP) is 4.40. The van der Waals surface area contributed by atoms with Gasteiger partial charge in [0.25, 0.3) is 0 Å². The first kappa shape index (κ1) is 27.9. The highest BCUT2D eigenvalue weighted by Gasteiger charge is 2.22. The molecule has 1 aliphatic rings. The van der Waals surface area contributed by atoms with Gasteiger partial charge in [0.2, 0.25) is 5.82 Å². The average molecular weight is 599 g/mol. The number of rotatable bonds is 7. The molecule has 1 aromatic carbocycles. The number of anilines is 2. The number of nitrogen functional groups attached to an aromatic ring is 1. The largest absolute Gasteiger partial charge is 0.382 e. The van der Waals surface area contributed by atoms with E-state index in [1.807, 2.05) is 34.9 Å². The highest BCUT2D eigenvalue weighted by Crippen LogP contribution is 2.30. The van der Waals surface area contributed by atoms with Gasteiger partial charge in [0.1, 0.15) is 28.9 Å². The molecular formula is C32H27FN12. The van der Waals surface area contributed by atoms with Gasteiger partial charge in [-0.1, -0.05) is 12.1 Å². The number of benzene rings is 1. The average Bonchev–Trinajstić information content (AvgIpc) is 3.45. The Morgan fingerprint density at radius 2 is 1.67 bits per heavy atom. The number of piperidine rings is 1. The molecule has 0 radical (unpaired) electrons. The molecule has 1 saturated heterocycles. The van der Waals surface area contributed by atoms with Crippen LogP contribution in [-0.4, -0.2) is 63.5 Å². The molecule has 0 unspecified atom stereocenters. The van der Waals surface area contributed by atoms with E-state index in [2.05, 4.69) is 47.3 Å². The van der Waals surface area contributed by atoms with Crippen molar-refractivity contribution in [3.05, 3.63) is 96.6 Å². The molecule has 13 heteroatoms. The first-order valence-electron chi connectivity index (χ1n) is 14.4. The van der Waals surface area contributed by atoms with Gasteiger partial charge in [0.15, 0.2) is 17.3 Å². The molecule has 0 amide bonds. The minimum absolute atomic E-state index is 0.165. The number of nitrogens with two attached hydrogens (primary N) is 1. The van der Waals surface area contributed by atoms with Gasteiger partial charge >= 0.3 is 0 Å². The maximum Gasteiger partial charge on any atom is 0.234 e. The number of nitrogens with one attached hydrogen (secondary N) is 1. The summed E-state index contributed by atoms with van der Waals surface area (Å²) in [6.45, 7) is 2.68. The van der Waals surface area contributed by atoms with E-state index in [1.54, 1.807) is 24.5 Å². The van der Waals surface area contributed by atoms with Gasteiger partial charge in [-0.3, -0.25) is 14.5 Å². The summed E-state index contributed by atoms with van der Waals surface area (Å²) in [5.74, 6) is 1.21. The van der Waals surface area contributed by atoms with Crippen LogP contribution in [0.1, 0.15) is 24.2 Å². The van der Waals surface area contributed by atoms with Crippen molar-refractivity contribution in [2.45, 2.75) is 25.4 Å². The Bertz CT molecular complexity index is 2010. The zero-order valence-electron chi connectivity index (χ0n) is 24.0. The molecular weight excluding hydrogens is 571 g/mol. The maximum absolute atomic E-state index is 13.5. The summed E-state index contributed by atoms with van der Waals surface area (Å²) >= 11 is 0. The number of hydrogen-bond donors (Lipinski definition) is 2.